The number of hydrogen-bond donors (Lipinski definition) is 1. The van der Waals surface area contributed by atoms with Crippen molar-refractivity contribution in [1.29, 1.82) is 0 Å². The molecule has 0 aliphatic carbocycles. The highest BCUT2D eigenvalue weighted by Crippen LogP contribution is 2.19. The molecule has 1 N–H and O–H groups in total. The Labute approximate surface area is 158 Å². The molecule has 0 unspecified atom stereocenters. The Balaban J connectivity index is 1.62. The number of amides is 2. The topological polar surface area (TPSA) is 69.7 Å². The first-order valence-electron chi connectivity index (χ1n) is 8.97. The van der Waals surface area contributed by atoms with E-state index in [1.165, 1.54) is 6.92 Å². The molecule has 6 heteroatoms. The minimum atomic E-state index is -0.163. The van der Waals surface area contributed by atoms with Crippen LogP contribution in [0.15, 0.2) is 48.5 Å². The zero-order valence-corrected chi connectivity index (χ0v) is 15.6. The van der Waals surface area contributed by atoms with Crippen LogP contribution in [0, 0.1) is 0 Å². The Bertz CT molecular complexity index is 853. The molecule has 2 aromatic rings. The van der Waals surface area contributed by atoms with Crippen LogP contribution >= 0.6 is 0 Å². The number of rotatable bonds is 4. The van der Waals surface area contributed by atoms with E-state index in [2.05, 4.69) is 10.2 Å². The summed E-state index contributed by atoms with van der Waals surface area (Å²) in [5, 5.41) is 2.70. The fourth-order valence-corrected chi connectivity index (χ4v) is 3.19. The molecule has 0 radical (unpaired) electrons. The zero-order chi connectivity index (χ0) is 19.4. The third kappa shape index (κ3) is 4.53. The van der Waals surface area contributed by atoms with Gasteiger partial charge in [-0.25, -0.2) is 0 Å². The van der Waals surface area contributed by atoms with Gasteiger partial charge in [-0.1, -0.05) is 6.07 Å². The second-order valence-corrected chi connectivity index (χ2v) is 6.64. The molecule has 1 fully saturated rings. The summed E-state index contributed by atoms with van der Waals surface area (Å²) in [5.41, 5.74) is 2.95. The molecule has 1 aliphatic rings. The summed E-state index contributed by atoms with van der Waals surface area (Å²) in [4.78, 5) is 39.4. The van der Waals surface area contributed by atoms with Gasteiger partial charge in [-0.15, -0.1) is 0 Å². The number of nitrogens with zero attached hydrogens (tertiary/aromatic N) is 2. The number of carbonyl (C=O) groups excluding carboxylic acids is 3. The van der Waals surface area contributed by atoms with Gasteiger partial charge in [0, 0.05) is 55.6 Å². The van der Waals surface area contributed by atoms with Crippen molar-refractivity contribution in [3.05, 3.63) is 59.7 Å². The van der Waals surface area contributed by atoms with Crippen LogP contribution in [0.4, 0.5) is 11.4 Å². The molecule has 1 heterocycles. The molecule has 1 saturated heterocycles. The summed E-state index contributed by atoms with van der Waals surface area (Å²) in [6, 6.07) is 14.6. The highest BCUT2D eigenvalue weighted by atomic mass is 16.2. The van der Waals surface area contributed by atoms with Gasteiger partial charge in [0.05, 0.1) is 0 Å². The van der Waals surface area contributed by atoms with Crippen LogP contribution in [0.5, 0.6) is 0 Å². The van der Waals surface area contributed by atoms with E-state index in [9.17, 15) is 14.4 Å². The third-order valence-electron chi connectivity index (χ3n) is 4.64. The molecule has 1 aliphatic heterocycles. The van der Waals surface area contributed by atoms with E-state index in [4.69, 9.17) is 0 Å². The van der Waals surface area contributed by atoms with Gasteiger partial charge in [-0.2, -0.15) is 0 Å². The summed E-state index contributed by atoms with van der Waals surface area (Å²) < 4.78 is 0. The Morgan fingerprint density at radius 3 is 2.11 bits per heavy atom. The normalized spacial score (nSPS) is 14.0. The lowest BCUT2D eigenvalue weighted by Crippen LogP contribution is -2.48. The van der Waals surface area contributed by atoms with Crippen LogP contribution in [-0.2, 0) is 4.79 Å². The Morgan fingerprint density at radius 2 is 1.52 bits per heavy atom. The molecule has 2 aromatic carbocycles. The minimum absolute atomic E-state index is 0.0335. The highest BCUT2D eigenvalue weighted by Gasteiger charge is 2.22. The van der Waals surface area contributed by atoms with Crippen LogP contribution < -0.4 is 10.2 Å². The number of ketones is 1. The summed E-state index contributed by atoms with van der Waals surface area (Å²) >= 11 is 0. The van der Waals surface area contributed by atoms with E-state index in [0.717, 1.165) is 18.8 Å². The lowest BCUT2D eigenvalue weighted by molar-refractivity contribution is -0.114. The highest BCUT2D eigenvalue weighted by molar-refractivity contribution is 5.97. The number of carbonyl (C=O) groups is 3. The molecule has 3 rings (SSSR count). The molecule has 2 amide bonds. The van der Waals surface area contributed by atoms with Crippen molar-refractivity contribution in [2.45, 2.75) is 13.8 Å². The van der Waals surface area contributed by atoms with E-state index in [0.29, 0.717) is 29.9 Å². The maximum absolute atomic E-state index is 12.8. The second-order valence-electron chi connectivity index (χ2n) is 6.64. The first-order valence-corrected chi connectivity index (χ1v) is 8.97. The standard InChI is InChI=1S/C21H23N3O3/c1-15(25)17-6-8-20(9-7-17)23-10-12-24(13-11-23)21(27)18-4-3-5-19(14-18)22-16(2)26/h3-9,14H,10-13H2,1-2H3,(H,22,26). The summed E-state index contributed by atoms with van der Waals surface area (Å²) in [5.74, 6) is -0.142. The number of hydrogen-bond acceptors (Lipinski definition) is 4. The number of piperazine rings is 1. The largest absolute Gasteiger partial charge is 0.368 e. The molecule has 0 atom stereocenters. The van der Waals surface area contributed by atoms with Crippen LogP contribution in [0.25, 0.3) is 0 Å². The fourth-order valence-electron chi connectivity index (χ4n) is 3.19. The van der Waals surface area contributed by atoms with Crippen molar-refractivity contribution in [3.8, 4) is 0 Å². The van der Waals surface area contributed by atoms with Gasteiger partial charge in [-0.05, 0) is 49.4 Å². The lowest BCUT2D eigenvalue weighted by atomic mass is 10.1. The van der Waals surface area contributed by atoms with Crippen LogP contribution in [0.1, 0.15) is 34.6 Å². The van der Waals surface area contributed by atoms with E-state index in [-0.39, 0.29) is 17.6 Å². The number of anilines is 2. The molecular weight excluding hydrogens is 342 g/mol. The third-order valence-corrected chi connectivity index (χ3v) is 4.64. The predicted molar refractivity (Wildman–Crippen MR) is 105 cm³/mol. The smallest absolute Gasteiger partial charge is 0.254 e. The van der Waals surface area contributed by atoms with E-state index >= 15 is 0 Å². The van der Waals surface area contributed by atoms with Crippen molar-refractivity contribution in [2.24, 2.45) is 0 Å². The van der Waals surface area contributed by atoms with Gasteiger partial charge in [0.25, 0.3) is 5.91 Å². The average Bonchev–Trinajstić information content (AvgIpc) is 2.67. The van der Waals surface area contributed by atoms with Crippen molar-refractivity contribution < 1.29 is 14.4 Å². The first-order chi connectivity index (χ1) is 12.9. The van der Waals surface area contributed by atoms with Crippen molar-refractivity contribution in [3.63, 3.8) is 0 Å². The summed E-state index contributed by atoms with van der Waals surface area (Å²) in [6.07, 6.45) is 0. The molecule has 6 nitrogen and oxygen atoms in total. The van der Waals surface area contributed by atoms with Crippen molar-refractivity contribution in [2.75, 3.05) is 36.4 Å². The van der Waals surface area contributed by atoms with Gasteiger partial charge in [0.15, 0.2) is 5.78 Å². The summed E-state index contributed by atoms with van der Waals surface area (Å²) in [6.45, 7) is 5.71. The van der Waals surface area contributed by atoms with Gasteiger partial charge in [0.1, 0.15) is 0 Å². The quantitative estimate of drug-likeness (QED) is 0.846. The maximum atomic E-state index is 12.8. The van der Waals surface area contributed by atoms with Crippen LogP contribution in [0.3, 0.4) is 0 Å². The fraction of sp³-hybridized carbons (Fsp3) is 0.286. The SMILES string of the molecule is CC(=O)Nc1cccc(C(=O)N2CCN(c3ccc(C(C)=O)cc3)CC2)c1. The van der Waals surface area contributed by atoms with Crippen LogP contribution in [0.2, 0.25) is 0 Å². The van der Waals surface area contributed by atoms with Crippen LogP contribution in [-0.4, -0.2) is 48.7 Å². The number of benzene rings is 2. The first kappa shape index (κ1) is 18.6. The van der Waals surface area contributed by atoms with E-state index in [1.807, 2.05) is 29.2 Å². The average molecular weight is 365 g/mol. The Kier molecular flexibility index (Phi) is 5.54. The molecule has 27 heavy (non-hydrogen) atoms. The van der Waals surface area contributed by atoms with Gasteiger partial charge < -0.3 is 15.1 Å². The Morgan fingerprint density at radius 1 is 0.852 bits per heavy atom. The predicted octanol–water partition coefficient (Wildman–Crippen LogP) is 2.81. The van der Waals surface area contributed by atoms with E-state index in [1.54, 1.807) is 31.2 Å². The van der Waals surface area contributed by atoms with Crippen molar-refractivity contribution in [1.82, 2.24) is 4.90 Å². The number of nitrogens with one attached hydrogen (secondary N) is 1. The second kappa shape index (κ2) is 8.03. The maximum Gasteiger partial charge on any atom is 0.254 e. The Hall–Kier alpha value is -3.15. The zero-order valence-electron chi connectivity index (χ0n) is 15.6. The molecule has 0 spiro atoms. The van der Waals surface area contributed by atoms with E-state index < -0.39 is 0 Å². The monoisotopic (exact) mass is 365 g/mol. The molecule has 140 valence electrons. The number of Topliss-reactive ketones (excluding diaryl/α,β-unsaturated/α-hetero) is 1. The lowest BCUT2D eigenvalue weighted by Gasteiger charge is -2.36. The van der Waals surface area contributed by atoms with Gasteiger partial charge in [0.2, 0.25) is 5.91 Å². The molecule has 0 aromatic heterocycles. The van der Waals surface area contributed by atoms with Crippen molar-refractivity contribution >= 4 is 29.0 Å². The van der Waals surface area contributed by atoms with Gasteiger partial charge >= 0.3 is 0 Å². The molecule has 0 bridgehead atoms. The summed E-state index contributed by atoms with van der Waals surface area (Å²) in [7, 11) is 0. The van der Waals surface area contributed by atoms with Gasteiger partial charge in [-0.3, -0.25) is 14.4 Å². The molecular formula is C21H23N3O3. The molecule has 0 saturated carbocycles. The minimum Gasteiger partial charge on any atom is -0.368 e.